The van der Waals surface area contributed by atoms with Crippen molar-refractivity contribution >= 4 is 29.1 Å². The Morgan fingerprint density at radius 1 is 0.595 bits per heavy atom. The number of nitrogens with one attached hydrogen (secondary N) is 1. The molecule has 0 bridgehead atoms. The molecule has 0 saturated heterocycles. The van der Waals surface area contributed by atoms with Gasteiger partial charge in [-0.05, 0) is 35.9 Å². The summed E-state index contributed by atoms with van der Waals surface area (Å²) in [5.41, 5.74) is 3.32. The number of amides is 2. The number of rotatable bonds is 10. The zero-order valence-electron chi connectivity index (χ0n) is 16.6. The quantitative estimate of drug-likeness (QED) is 0.256. The molecule has 0 aliphatic heterocycles. The average molecular weight is 599 g/mol. The maximum Gasteiger partial charge on any atom is 0.393 e. The van der Waals surface area contributed by atoms with Gasteiger partial charge in [-0.2, -0.15) is 70.2 Å². The Balaban J connectivity index is 3.53. The topological polar surface area (TPSA) is 72.2 Å². The van der Waals surface area contributed by atoms with Crippen LogP contribution in [0, 0.1) is 0 Å². The molecule has 0 radical (unpaired) electrons. The van der Waals surface area contributed by atoms with Crippen LogP contribution in [0.25, 0.3) is 0 Å². The molecule has 1 rings (SSSR count). The van der Waals surface area contributed by atoms with Crippen LogP contribution in [0.1, 0.15) is 10.4 Å². The number of benzene rings is 1. The van der Waals surface area contributed by atoms with Crippen LogP contribution in [0.4, 0.5) is 75.9 Å². The van der Waals surface area contributed by atoms with Crippen molar-refractivity contribution in [2.45, 2.75) is 46.8 Å². The molecule has 1 aromatic rings. The molecule has 0 unspecified atom stereocenters. The molecule has 4 nitrogen and oxygen atoms in total. The molecule has 37 heavy (non-hydrogen) atoms. The molecular weight excluding hydrogens is 592 g/mol. The zero-order chi connectivity index (χ0) is 29.8. The van der Waals surface area contributed by atoms with Gasteiger partial charge in [0.15, 0.2) is 0 Å². The van der Waals surface area contributed by atoms with Crippen LogP contribution in [0.2, 0.25) is 0 Å². The number of hydrogen-bond donors (Lipinski definition) is 2. The van der Waals surface area contributed by atoms with Gasteiger partial charge in [-0.25, -0.2) is 0 Å². The van der Waals surface area contributed by atoms with Crippen LogP contribution in [0.3, 0.4) is 0 Å². The summed E-state index contributed by atoms with van der Waals surface area (Å²) in [7, 11) is 0. The van der Waals surface area contributed by atoms with Crippen LogP contribution in [0.5, 0.6) is 0 Å². The third-order valence-corrected chi connectivity index (χ3v) is 4.67. The fourth-order valence-electron chi connectivity index (χ4n) is 2.23. The number of alkyl halides is 17. The molecule has 0 heterocycles. The second-order valence-electron chi connectivity index (χ2n) is 6.91. The van der Waals surface area contributed by atoms with Crippen molar-refractivity contribution in [2.24, 2.45) is 5.73 Å². The summed E-state index contributed by atoms with van der Waals surface area (Å²) in [6.07, 6.45) is 0. The number of anilines is 1. The summed E-state index contributed by atoms with van der Waals surface area (Å²) in [6, 6.07) is 2.10. The van der Waals surface area contributed by atoms with Gasteiger partial charge < -0.3 is 11.1 Å². The molecule has 3 N–H and O–H groups in total. The summed E-state index contributed by atoms with van der Waals surface area (Å²) in [5, 5.41) is -6.17. The van der Waals surface area contributed by atoms with E-state index in [1.165, 1.54) is 0 Å². The maximum atomic E-state index is 13.9. The lowest BCUT2D eigenvalue weighted by Gasteiger charge is -2.42. The first kappa shape index (κ1) is 32.4. The highest BCUT2D eigenvalue weighted by Gasteiger charge is 2.95. The third kappa shape index (κ3) is 4.60. The summed E-state index contributed by atoms with van der Waals surface area (Å²) >= 11 is 3.41. The maximum absolute atomic E-state index is 13.9. The van der Waals surface area contributed by atoms with Gasteiger partial charge in [-0.15, -0.1) is 0 Å². The van der Waals surface area contributed by atoms with Crippen molar-refractivity contribution in [3.05, 3.63) is 29.8 Å². The zero-order valence-corrected chi connectivity index (χ0v) is 17.4. The number of carbonyl (C=O) groups excluding carboxylic acids is 2. The second-order valence-corrected chi connectivity index (χ2v) is 7.39. The predicted molar refractivity (Wildman–Crippen MR) is 89.0 cm³/mol. The summed E-state index contributed by atoms with van der Waals surface area (Å²) < 4.78 is 215. The lowest BCUT2D eigenvalue weighted by molar-refractivity contribution is -0.445. The Kier molecular flexibility index (Phi) is 7.84. The molecule has 212 valence electrons. The first-order valence-corrected chi connectivity index (χ1v) is 8.86. The molecule has 0 fully saturated rings. The van der Waals surface area contributed by atoms with Crippen molar-refractivity contribution in [3.63, 3.8) is 0 Å². The van der Waals surface area contributed by atoms with Crippen LogP contribution in [0.15, 0.2) is 24.3 Å². The fraction of sp³-hybridized carbons (Fsp3) is 0.500. The normalized spacial score (nSPS) is 14.9. The molecule has 0 aliphatic rings. The first-order chi connectivity index (χ1) is 16.1. The average Bonchev–Trinajstić information content (AvgIpc) is 2.72. The Morgan fingerprint density at radius 2 is 0.919 bits per heavy atom. The second kappa shape index (κ2) is 8.97. The van der Waals surface area contributed by atoms with Gasteiger partial charge in [0.25, 0.3) is 0 Å². The number of nitrogens with two attached hydrogens (primary N) is 1. The van der Waals surface area contributed by atoms with E-state index in [9.17, 15) is 79.8 Å². The van der Waals surface area contributed by atoms with E-state index in [4.69, 9.17) is 5.73 Å². The van der Waals surface area contributed by atoms with E-state index in [0.29, 0.717) is 24.3 Å². The minimum atomic E-state index is -8.68. The molecule has 1 aromatic carbocycles. The highest BCUT2D eigenvalue weighted by atomic mass is 35.5. The Labute approximate surface area is 197 Å². The van der Waals surface area contributed by atoms with Gasteiger partial charge in [0.2, 0.25) is 5.91 Å². The van der Waals surface area contributed by atoms with E-state index < -0.39 is 69.9 Å². The van der Waals surface area contributed by atoms with Gasteiger partial charge in [-0.1, -0.05) is 0 Å². The first-order valence-electron chi connectivity index (χ1n) is 8.48. The van der Waals surface area contributed by atoms with E-state index in [0.717, 1.165) is 5.32 Å². The standard InChI is InChI=1S/C16H7ClF16N2O2/c17-16(32,33)15(30,31)14(28,29)13(26,27)12(24,25)11(22,23)10(20,21)9(18,19)8(37)35-6-3-1-5(2-4-6)7(34)36/h1-4H,(H2,34,36)(H,35,37). The molecule has 0 spiro atoms. The Bertz CT molecular complexity index is 1040. The highest BCUT2D eigenvalue weighted by Crippen LogP contribution is 2.64. The van der Waals surface area contributed by atoms with Gasteiger partial charge in [0.05, 0.1) is 0 Å². The Morgan fingerprint density at radius 3 is 1.24 bits per heavy atom. The number of halogens is 17. The van der Waals surface area contributed by atoms with Gasteiger partial charge in [0.1, 0.15) is 0 Å². The molecule has 0 atom stereocenters. The van der Waals surface area contributed by atoms with Crippen molar-refractivity contribution in [2.75, 3.05) is 5.32 Å². The smallest absolute Gasteiger partial charge is 0.366 e. The minimum Gasteiger partial charge on any atom is -0.366 e. The SMILES string of the molecule is NC(=O)c1ccc(NC(=O)C(F)(F)C(F)(F)C(F)(F)C(F)(F)C(F)(F)C(F)(F)C(F)(F)C(F)(F)Cl)cc1. The van der Waals surface area contributed by atoms with Crippen LogP contribution in [-0.2, 0) is 4.79 Å². The van der Waals surface area contributed by atoms with Crippen molar-refractivity contribution in [1.29, 1.82) is 0 Å². The summed E-state index contributed by atoms with van der Waals surface area (Å²) in [6.45, 7) is 0. The third-order valence-electron chi connectivity index (χ3n) is 4.43. The van der Waals surface area contributed by atoms with E-state index >= 15 is 0 Å². The largest absolute Gasteiger partial charge is 0.393 e. The fourth-order valence-corrected chi connectivity index (χ4v) is 2.35. The molecule has 2 amide bonds. The molecule has 0 aliphatic carbocycles. The molecule has 0 saturated carbocycles. The summed E-state index contributed by atoms with van der Waals surface area (Å²) in [4.78, 5) is 22.3. The van der Waals surface area contributed by atoms with Gasteiger partial charge >= 0.3 is 52.7 Å². The number of carbonyl (C=O) groups is 2. The lowest BCUT2D eigenvalue weighted by Crippen LogP contribution is -2.75. The van der Waals surface area contributed by atoms with Crippen molar-refractivity contribution in [3.8, 4) is 0 Å². The monoisotopic (exact) mass is 598 g/mol. The van der Waals surface area contributed by atoms with Crippen LogP contribution < -0.4 is 11.1 Å². The predicted octanol–water partition coefficient (Wildman–Crippen LogP) is 6.00. The summed E-state index contributed by atoms with van der Waals surface area (Å²) in [5.74, 6) is -62.2. The van der Waals surface area contributed by atoms with Gasteiger partial charge in [-0.3, -0.25) is 9.59 Å². The van der Waals surface area contributed by atoms with E-state index in [1.807, 2.05) is 0 Å². The van der Waals surface area contributed by atoms with Gasteiger partial charge in [0, 0.05) is 11.3 Å². The van der Waals surface area contributed by atoms with E-state index in [-0.39, 0.29) is 0 Å². The van der Waals surface area contributed by atoms with Crippen molar-refractivity contribution in [1.82, 2.24) is 0 Å². The number of hydrogen-bond acceptors (Lipinski definition) is 2. The lowest BCUT2D eigenvalue weighted by atomic mass is 9.89. The van der Waals surface area contributed by atoms with Crippen LogP contribution >= 0.6 is 11.6 Å². The minimum absolute atomic E-state index is 0.413. The van der Waals surface area contributed by atoms with E-state index in [2.05, 4.69) is 11.6 Å². The highest BCUT2D eigenvalue weighted by molar-refractivity contribution is 6.22. The van der Waals surface area contributed by atoms with Crippen molar-refractivity contribution < 1.29 is 79.8 Å². The molecule has 0 aromatic heterocycles. The van der Waals surface area contributed by atoms with E-state index in [1.54, 1.807) is 0 Å². The molecule has 21 heteroatoms. The number of primary amides is 1. The molecular formula is C16H7ClF16N2O2. The Hall–Kier alpha value is -2.67. The van der Waals surface area contributed by atoms with Crippen LogP contribution in [-0.4, -0.2) is 58.7 Å².